The zero-order valence-corrected chi connectivity index (χ0v) is 18.1. The Labute approximate surface area is 167 Å². The summed E-state index contributed by atoms with van der Waals surface area (Å²) >= 11 is 0. The van der Waals surface area contributed by atoms with Crippen molar-refractivity contribution in [1.29, 1.82) is 0 Å². The predicted molar refractivity (Wildman–Crippen MR) is 110 cm³/mol. The molecule has 0 aliphatic rings. The van der Waals surface area contributed by atoms with Crippen molar-refractivity contribution in [2.45, 2.75) is 85.0 Å². The summed E-state index contributed by atoms with van der Waals surface area (Å²) in [6.45, 7) is 11.0. The molecule has 0 aliphatic heterocycles. The van der Waals surface area contributed by atoms with Gasteiger partial charge in [0, 0.05) is 19.6 Å². The largest absolute Gasteiger partial charge is 0.466 e. The van der Waals surface area contributed by atoms with Gasteiger partial charge in [-0.25, -0.2) is 0 Å². The lowest BCUT2D eigenvalue weighted by Crippen LogP contribution is -2.11. The highest BCUT2D eigenvalue weighted by atomic mass is 16.5. The van der Waals surface area contributed by atoms with Crippen LogP contribution in [-0.4, -0.2) is 52.2 Å². The first kappa shape index (κ1) is 26.4. The molecule has 0 unspecified atom stereocenters. The second-order valence-corrected chi connectivity index (χ2v) is 7.46. The van der Waals surface area contributed by atoms with E-state index in [0.29, 0.717) is 52.5 Å². The first-order valence-corrected chi connectivity index (χ1v) is 11.1. The summed E-state index contributed by atoms with van der Waals surface area (Å²) in [4.78, 5) is 11.6. The molecule has 0 rings (SSSR count). The van der Waals surface area contributed by atoms with Crippen LogP contribution in [0.1, 0.15) is 85.0 Å². The number of rotatable bonds is 21. The van der Waals surface area contributed by atoms with Crippen LogP contribution in [0, 0.1) is 5.92 Å². The van der Waals surface area contributed by atoms with Gasteiger partial charge in [-0.3, -0.25) is 4.79 Å². The summed E-state index contributed by atoms with van der Waals surface area (Å²) in [5.74, 6) is 0.670. The summed E-state index contributed by atoms with van der Waals surface area (Å²) in [5.41, 5.74) is 0. The minimum absolute atomic E-state index is 0.114. The Bertz CT molecular complexity index is 307. The standard InChI is InChI=1S/C22H44O5/c1-4-5-9-14-24-17-19-26-20-18-25-15-11-13-22(23)27-16-10-7-6-8-12-21(2)3/h21H,4-20H2,1-3H3. The number of unbranched alkanes of at least 4 members (excludes halogenated alkanes) is 5. The number of ether oxygens (including phenoxy) is 4. The van der Waals surface area contributed by atoms with Crippen molar-refractivity contribution in [1.82, 2.24) is 0 Å². The Morgan fingerprint density at radius 1 is 0.667 bits per heavy atom. The second kappa shape index (κ2) is 21.6. The lowest BCUT2D eigenvalue weighted by Gasteiger charge is -2.07. The molecule has 0 N–H and O–H groups in total. The Hall–Kier alpha value is -0.650. The van der Waals surface area contributed by atoms with E-state index in [1.165, 1.54) is 32.1 Å². The molecule has 0 bridgehead atoms. The van der Waals surface area contributed by atoms with Crippen molar-refractivity contribution in [3.63, 3.8) is 0 Å². The molecule has 0 atom stereocenters. The van der Waals surface area contributed by atoms with Crippen molar-refractivity contribution in [3.8, 4) is 0 Å². The molecule has 27 heavy (non-hydrogen) atoms. The van der Waals surface area contributed by atoms with Crippen molar-refractivity contribution in [2.24, 2.45) is 5.92 Å². The summed E-state index contributed by atoms with van der Waals surface area (Å²) in [6.07, 6.45) is 10.6. The van der Waals surface area contributed by atoms with E-state index in [4.69, 9.17) is 18.9 Å². The van der Waals surface area contributed by atoms with Crippen LogP contribution in [0.4, 0.5) is 0 Å². The van der Waals surface area contributed by atoms with Crippen LogP contribution in [-0.2, 0) is 23.7 Å². The molecular weight excluding hydrogens is 344 g/mol. The van der Waals surface area contributed by atoms with E-state index >= 15 is 0 Å². The highest BCUT2D eigenvalue weighted by molar-refractivity contribution is 5.69. The SMILES string of the molecule is CCCCCOCCOCCOCCCC(=O)OCCCCCCC(C)C. The van der Waals surface area contributed by atoms with Crippen molar-refractivity contribution >= 4 is 5.97 Å². The molecule has 0 heterocycles. The lowest BCUT2D eigenvalue weighted by atomic mass is 10.0. The van der Waals surface area contributed by atoms with E-state index in [1.807, 2.05) is 0 Å². The summed E-state index contributed by atoms with van der Waals surface area (Å²) in [5, 5.41) is 0. The van der Waals surface area contributed by atoms with Gasteiger partial charge < -0.3 is 18.9 Å². The molecule has 5 nitrogen and oxygen atoms in total. The molecule has 0 aliphatic carbocycles. The van der Waals surface area contributed by atoms with E-state index < -0.39 is 0 Å². The van der Waals surface area contributed by atoms with Crippen LogP contribution in [0.15, 0.2) is 0 Å². The van der Waals surface area contributed by atoms with Crippen LogP contribution in [0.5, 0.6) is 0 Å². The van der Waals surface area contributed by atoms with Crippen molar-refractivity contribution < 1.29 is 23.7 Å². The topological polar surface area (TPSA) is 54.0 Å². The van der Waals surface area contributed by atoms with Crippen LogP contribution in [0.2, 0.25) is 0 Å². The minimum atomic E-state index is -0.114. The maximum atomic E-state index is 11.6. The summed E-state index contributed by atoms with van der Waals surface area (Å²) in [7, 11) is 0. The van der Waals surface area contributed by atoms with Gasteiger partial charge in [0.25, 0.3) is 0 Å². The van der Waals surface area contributed by atoms with E-state index in [1.54, 1.807) is 0 Å². The molecule has 0 radical (unpaired) electrons. The number of carbonyl (C=O) groups excluding carboxylic acids is 1. The van der Waals surface area contributed by atoms with E-state index in [0.717, 1.165) is 31.8 Å². The first-order chi connectivity index (χ1) is 13.2. The molecule has 0 aromatic rings. The van der Waals surface area contributed by atoms with Crippen LogP contribution >= 0.6 is 0 Å². The molecule has 0 aromatic heterocycles. The van der Waals surface area contributed by atoms with E-state index in [2.05, 4.69) is 20.8 Å². The number of carbonyl (C=O) groups is 1. The fourth-order valence-corrected chi connectivity index (χ4v) is 2.58. The molecule has 0 saturated heterocycles. The van der Waals surface area contributed by atoms with Gasteiger partial charge >= 0.3 is 5.97 Å². The van der Waals surface area contributed by atoms with Crippen LogP contribution < -0.4 is 0 Å². The third-order valence-electron chi connectivity index (χ3n) is 4.24. The Morgan fingerprint density at radius 3 is 1.85 bits per heavy atom. The highest BCUT2D eigenvalue weighted by Gasteiger charge is 2.03. The molecule has 0 aromatic carbocycles. The second-order valence-electron chi connectivity index (χ2n) is 7.46. The smallest absolute Gasteiger partial charge is 0.305 e. The zero-order valence-electron chi connectivity index (χ0n) is 18.1. The number of esters is 1. The van der Waals surface area contributed by atoms with E-state index in [9.17, 15) is 4.79 Å². The molecule has 5 heteroatoms. The van der Waals surface area contributed by atoms with Gasteiger partial charge in [-0.05, 0) is 25.2 Å². The third kappa shape index (κ3) is 23.3. The van der Waals surface area contributed by atoms with Gasteiger partial charge in [0.15, 0.2) is 0 Å². The maximum absolute atomic E-state index is 11.6. The van der Waals surface area contributed by atoms with E-state index in [-0.39, 0.29) is 5.97 Å². The summed E-state index contributed by atoms with van der Waals surface area (Å²) < 4.78 is 21.6. The van der Waals surface area contributed by atoms with Gasteiger partial charge in [-0.1, -0.05) is 59.3 Å². The van der Waals surface area contributed by atoms with Gasteiger partial charge in [0.2, 0.25) is 0 Å². The zero-order chi connectivity index (χ0) is 20.0. The molecular formula is C22H44O5. The van der Waals surface area contributed by atoms with Gasteiger partial charge in [0.1, 0.15) is 0 Å². The Morgan fingerprint density at radius 2 is 1.22 bits per heavy atom. The number of hydrogen-bond acceptors (Lipinski definition) is 5. The molecule has 162 valence electrons. The molecule has 0 spiro atoms. The highest BCUT2D eigenvalue weighted by Crippen LogP contribution is 2.09. The Balaban J connectivity index is 3.14. The molecule has 0 fully saturated rings. The van der Waals surface area contributed by atoms with Crippen molar-refractivity contribution in [2.75, 3.05) is 46.2 Å². The average molecular weight is 389 g/mol. The van der Waals surface area contributed by atoms with Crippen molar-refractivity contribution in [3.05, 3.63) is 0 Å². The quantitative estimate of drug-likeness (QED) is 0.201. The summed E-state index contributed by atoms with van der Waals surface area (Å²) in [6, 6.07) is 0. The number of hydrogen-bond donors (Lipinski definition) is 0. The van der Waals surface area contributed by atoms with Gasteiger partial charge in [-0.2, -0.15) is 0 Å². The minimum Gasteiger partial charge on any atom is -0.466 e. The fourth-order valence-electron chi connectivity index (χ4n) is 2.58. The maximum Gasteiger partial charge on any atom is 0.305 e. The lowest BCUT2D eigenvalue weighted by molar-refractivity contribution is -0.144. The normalized spacial score (nSPS) is 11.3. The predicted octanol–water partition coefficient (Wildman–Crippen LogP) is 5.16. The van der Waals surface area contributed by atoms with Crippen LogP contribution in [0.25, 0.3) is 0 Å². The molecule has 0 amide bonds. The van der Waals surface area contributed by atoms with Gasteiger partial charge in [-0.15, -0.1) is 0 Å². The first-order valence-electron chi connectivity index (χ1n) is 11.1. The fraction of sp³-hybridized carbons (Fsp3) is 0.955. The Kier molecular flexibility index (Phi) is 21.1. The molecule has 0 saturated carbocycles. The van der Waals surface area contributed by atoms with Crippen LogP contribution in [0.3, 0.4) is 0 Å². The monoisotopic (exact) mass is 388 g/mol. The third-order valence-corrected chi connectivity index (χ3v) is 4.24. The van der Waals surface area contributed by atoms with Gasteiger partial charge in [0.05, 0.1) is 33.0 Å². The average Bonchev–Trinajstić information content (AvgIpc) is 2.64.